The van der Waals surface area contributed by atoms with E-state index in [1.807, 2.05) is 17.0 Å². The summed E-state index contributed by atoms with van der Waals surface area (Å²) in [6.45, 7) is 8.95. The second-order valence-corrected chi connectivity index (χ2v) is 9.11. The Morgan fingerprint density at radius 1 is 0.758 bits per heavy atom. The zero-order valence-electron chi connectivity index (χ0n) is 19.5. The summed E-state index contributed by atoms with van der Waals surface area (Å²) in [5.41, 5.74) is 1.15. The summed E-state index contributed by atoms with van der Waals surface area (Å²) >= 11 is 0. The standard InChI is InChI=1S/C24H37N5O4/c30-23(28-16-18-29(19-17-28)24(31)32)27-14-12-26(13-15-27)21-5-7-22(8-6-21)33-20-4-11-25-9-2-1-3-10-25/h5-8H,1-4,9-20H2,(H,31,32). The maximum atomic E-state index is 12.8. The maximum absolute atomic E-state index is 12.8. The summed E-state index contributed by atoms with van der Waals surface area (Å²) < 4.78 is 5.93. The number of anilines is 1. The highest BCUT2D eigenvalue weighted by atomic mass is 16.5. The Kier molecular flexibility index (Phi) is 8.15. The van der Waals surface area contributed by atoms with E-state index in [0.29, 0.717) is 39.3 Å². The third kappa shape index (κ3) is 6.43. The first-order valence-electron chi connectivity index (χ1n) is 12.3. The summed E-state index contributed by atoms with van der Waals surface area (Å²) in [6.07, 6.45) is 4.17. The van der Waals surface area contributed by atoms with Gasteiger partial charge in [-0.1, -0.05) is 6.42 Å². The third-order valence-corrected chi connectivity index (χ3v) is 6.91. The second-order valence-electron chi connectivity index (χ2n) is 9.11. The molecule has 3 amide bonds. The van der Waals surface area contributed by atoms with Gasteiger partial charge in [0.05, 0.1) is 6.61 Å². The Labute approximate surface area is 196 Å². The molecule has 1 aromatic carbocycles. The molecular weight excluding hydrogens is 422 g/mol. The average molecular weight is 460 g/mol. The predicted octanol–water partition coefficient (Wildman–Crippen LogP) is 2.48. The number of amides is 3. The van der Waals surface area contributed by atoms with Crippen LogP contribution in [0.25, 0.3) is 0 Å². The molecular formula is C24H37N5O4. The van der Waals surface area contributed by atoms with E-state index in [-0.39, 0.29) is 6.03 Å². The van der Waals surface area contributed by atoms with Gasteiger partial charge in [-0.15, -0.1) is 0 Å². The number of likely N-dealkylation sites (tertiary alicyclic amines) is 1. The summed E-state index contributed by atoms with van der Waals surface area (Å²) in [7, 11) is 0. The number of nitrogens with zero attached hydrogens (tertiary/aromatic N) is 5. The van der Waals surface area contributed by atoms with Crippen molar-refractivity contribution in [1.82, 2.24) is 19.6 Å². The minimum absolute atomic E-state index is 0.0213. The van der Waals surface area contributed by atoms with Crippen molar-refractivity contribution in [3.8, 4) is 5.75 Å². The zero-order chi connectivity index (χ0) is 23.0. The molecule has 0 atom stereocenters. The van der Waals surface area contributed by atoms with Gasteiger partial charge in [0, 0.05) is 64.6 Å². The molecule has 0 spiro atoms. The van der Waals surface area contributed by atoms with E-state index in [4.69, 9.17) is 9.84 Å². The lowest BCUT2D eigenvalue weighted by Crippen LogP contribution is -2.57. The van der Waals surface area contributed by atoms with Crippen LogP contribution in [-0.2, 0) is 0 Å². The molecule has 9 heteroatoms. The number of piperazine rings is 2. The molecule has 0 unspecified atom stereocenters. The van der Waals surface area contributed by atoms with Gasteiger partial charge in [-0.25, -0.2) is 9.59 Å². The Bertz CT molecular complexity index is 768. The van der Waals surface area contributed by atoms with Crippen LogP contribution in [0.5, 0.6) is 5.75 Å². The van der Waals surface area contributed by atoms with Crippen LogP contribution in [0, 0.1) is 0 Å². The van der Waals surface area contributed by atoms with E-state index >= 15 is 0 Å². The van der Waals surface area contributed by atoms with Gasteiger partial charge in [0.15, 0.2) is 0 Å². The highest BCUT2D eigenvalue weighted by Gasteiger charge is 2.29. The molecule has 3 aliphatic rings. The smallest absolute Gasteiger partial charge is 0.407 e. The molecule has 3 saturated heterocycles. The number of carbonyl (C=O) groups excluding carboxylic acids is 1. The first kappa shape index (κ1) is 23.5. The number of ether oxygens (including phenoxy) is 1. The lowest BCUT2D eigenvalue weighted by atomic mass is 10.1. The van der Waals surface area contributed by atoms with Crippen LogP contribution in [0.1, 0.15) is 25.7 Å². The fourth-order valence-corrected chi connectivity index (χ4v) is 4.86. The van der Waals surface area contributed by atoms with Crippen LogP contribution in [0.15, 0.2) is 24.3 Å². The van der Waals surface area contributed by atoms with Crippen LogP contribution in [0.3, 0.4) is 0 Å². The van der Waals surface area contributed by atoms with Crippen molar-refractivity contribution >= 4 is 17.8 Å². The molecule has 4 rings (SSSR count). The number of hydrogen-bond acceptors (Lipinski definition) is 5. The lowest BCUT2D eigenvalue weighted by molar-refractivity contribution is 0.0980. The first-order chi connectivity index (χ1) is 16.1. The molecule has 0 radical (unpaired) electrons. The van der Waals surface area contributed by atoms with E-state index in [2.05, 4.69) is 21.9 Å². The average Bonchev–Trinajstić information content (AvgIpc) is 2.87. The third-order valence-electron chi connectivity index (χ3n) is 6.91. The molecule has 0 aromatic heterocycles. The molecule has 0 bridgehead atoms. The predicted molar refractivity (Wildman–Crippen MR) is 127 cm³/mol. The number of rotatable bonds is 6. The van der Waals surface area contributed by atoms with Crippen LogP contribution in [-0.4, -0.2) is 115 Å². The SMILES string of the molecule is O=C(O)N1CCN(C(=O)N2CCN(c3ccc(OCCCN4CCCCC4)cc3)CC2)CC1. The van der Waals surface area contributed by atoms with Gasteiger partial charge in [0.25, 0.3) is 0 Å². The fraction of sp³-hybridized carbons (Fsp3) is 0.667. The first-order valence-corrected chi connectivity index (χ1v) is 12.3. The number of hydrogen-bond donors (Lipinski definition) is 1. The molecule has 3 heterocycles. The summed E-state index contributed by atoms with van der Waals surface area (Å²) in [5, 5.41) is 9.07. The Morgan fingerprint density at radius 3 is 1.94 bits per heavy atom. The van der Waals surface area contributed by atoms with E-state index < -0.39 is 6.09 Å². The number of carbonyl (C=O) groups is 2. The van der Waals surface area contributed by atoms with E-state index in [1.54, 1.807) is 4.90 Å². The van der Waals surface area contributed by atoms with E-state index in [9.17, 15) is 9.59 Å². The van der Waals surface area contributed by atoms with Gasteiger partial charge in [-0.05, 0) is 56.6 Å². The van der Waals surface area contributed by atoms with Crippen molar-refractivity contribution in [2.45, 2.75) is 25.7 Å². The van der Waals surface area contributed by atoms with Crippen molar-refractivity contribution < 1.29 is 19.4 Å². The highest BCUT2D eigenvalue weighted by Crippen LogP contribution is 2.21. The van der Waals surface area contributed by atoms with Gasteiger partial charge < -0.3 is 34.3 Å². The van der Waals surface area contributed by atoms with E-state index in [1.165, 1.54) is 37.3 Å². The zero-order valence-corrected chi connectivity index (χ0v) is 19.5. The normalized spacial score (nSPS) is 20.1. The van der Waals surface area contributed by atoms with Crippen LogP contribution >= 0.6 is 0 Å². The van der Waals surface area contributed by atoms with Crippen molar-refractivity contribution in [1.29, 1.82) is 0 Å². The summed E-state index contributed by atoms with van der Waals surface area (Å²) in [5.74, 6) is 0.909. The topological polar surface area (TPSA) is 79.8 Å². The molecule has 1 aromatic rings. The monoisotopic (exact) mass is 459 g/mol. The minimum Gasteiger partial charge on any atom is -0.494 e. The minimum atomic E-state index is -0.912. The van der Waals surface area contributed by atoms with E-state index in [0.717, 1.165) is 44.1 Å². The molecule has 3 aliphatic heterocycles. The number of benzene rings is 1. The Balaban J connectivity index is 1.16. The number of piperidine rings is 1. The molecule has 0 saturated carbocycles. The van der Waals surface area contributed by atoms with Gasteiger partial charge in [0.2, 0.25) is 0 Å². The molecule has 0 aliphatic carbocycles. The Hall–Kier alpha value is -2.68. The van der Waals surface area contributed by atoms with Crippen LogP contribution in [0.2, 0.25) is 0 Å². The molecule has 182 valence electrons. The number of urea groups is 1. The highest BCUT2D eigenvalue weighted by molar-refractivity contribution is 5.75. The van der Waals surface area contributed by atoms with Crippen LogP contribution in [0.4, 0.5) is 15.3 Å². The van der Waals surface area contributed by atoms with Gasteiger partial charge in [-0.2, -0.15) is 0 Å². The largest absolute Gasteiger partial charge is 0.494 e. The lowest BCUT2D eigenvalue weighted by Gasteiger charge is -2.40. The van der Waals surface area contributed by atoms with Gasteiger partial charge in [0.1, 0.15) is 5.75 Å². The molecule has 33 heavy (non-hydrogen) atoms. The van der Waals surface area contributed by atoms with Crippen LogP contribution < -0.4 is 9.64 Å². The summed E-state index contributed by atoms with van der Waals surface area (Å²) in [6, 6.07) is 8.30. The quantitative estimate of drug-likeness (QED) is 0.659. The van der Waals surface area contributed by atoms with Crippen molar-refractivity contribution in [2.24, 2.45) is 0 Å². The molecule has 1 N–H and O–H groups in total. The van der Waals surface area contributed by atoms with Crippen molar-refractivity contribution in [2.75, 3.05) is 83.5 Å². The maximum Gasteiger partial charge on any atom is 0.407 e. The summed E-state index contributed by atoms with van der Waals surface area (Å²) in [4.78, 5) is 33.7. The molecule has 3 fully saturated rings. The van der Waals surface area contributed by atoms with Gasteiger partial charge >= 0.3 is 12.1 Å². The Morgan fingerprint density at radius 2 is 1.33 bits per heavy atom. The fourth-order valence-electron chi connectivity index (χ4n) is 4.86. The van der Waals surface area contributed by atoms with Crippen molar-refractivity contribution in [3.05, 3.63) is 24.3 Å². The van der Waals surface area contributed by atoms with Gasteiger partial charge in [-0.3, -0.25) is 0 Å². The number of carboxylic acid groups (broad SMARTS) is 1. The molecule has 9 nitrogen and oxygen atoms in total. The van der Waals surface area contributed by atoms with Crippen molar-refractivity contribution in [3.63, 3.8) is 0 Å². The second kappa shape index (κ2) is 11.4.